The van der Waals surface area contributed by atoms with E-state index < -0.39 is 0 Å². The molecule has 2 aromatic heterocycles. The van der Waals surface area contributed by atoms with Crippen LogP contribution in [-0.2, 0) is 0 Å². The molecule has 0 amide bonds. The molecule has 5 heteroatoms. The molecule has 0 bridgehead atoms. The number of rotatable bonds is 2. The summed E-state index contributed by atoms with van der Waals surface area (Å²) < 4.78 is 1.90. The maximum absolute atomic E-state index is 9.72. The van der Waals surface area contributed by atoms with E-state index in [1.54, 1.807) is 6.20 Å². The molecule has 0 radical (unpaired) electrons. The Morgan fingerprint density at radius 1 is 1.08 bits per heavy atom. The molecule has 1 aliphatic rings. The number of aliphatic hydroxyl groups is 1. The highest BCUT2D eigenvalue weighted by Gasteiger charge is 2.21. The second kappa shape index (κ2) is 5.91. The van der Waals surface area contributed by atoms with Crippen LogP contribution >= 0.6 is 0 Å². The second-order valence-corrected chi connectivity index (χ2v) is 6.63. The van der Waals surface area contributed by atoms with Crippen molar-refractivity contribution in [3.63, 3.8) is 0 Å². The van der Waals surface area contributed by atoms with Crippen LogP contribution in [0.15, 0.2) is 36.7 Å². The summed E-state index contributed by atoms with van der Waals surface area (Å²) in [6, 6.07) is 8.55. The minimum absolute atomic E-state index is 0.183. The average Bonchev–Trinajstić information content (AvgIpc) is 3.02. The Hall–Kier alpha value is -2.40. The van der Waals surface area contributed by atoms with Gasteiger partial charge < -0.3 is 10.0 Å². The summed E-state index contributed by atoms with van der Waals surface area (Å²) in [5, 5.41) is 14.4. The smallest absolute Gasteiger partial charge is 0.154 e. The summed E-state index contributed by atoms with van der Waals surface area (Å²) in [7, 11) is 0. The third-order valence-corrected chi connectivity index (χ3v) is 4.94. The van der Waals surface area contributed by atoms with E-state index in [-0.39, 0.29) is 6.10 Å². The maximum Gasteiger partial charge on any atom is 0.154 e. The summed E-state index contributed by atoms with van der Waals surface area (Å²) >= 11 is 0. The van der Waals surface area contributed by atoms with Gasteiger partial charge in [0.15, 0.2) is 5.82 Å². The molecule has 4 rings (SSSR count). The third-order valence-electron chi connectivity index (χ3n) is 4.94. The predicted octanol–water partition coefficient (Wildman–Crippen LogP) is 2.97. The molecule has 5 nitrogen and oxygen atoms in total. The molecule has 0 spiro atoms. The first kappa shape index (κ1) is 15.1. The first-order valence-electron chi connectivity index (χ1n) is 8.47. The summed E-state index contributed by atoms with van der Waals surface area (Å²) in [5.41, 5.74) is 5.66. The van der Waals surface area contributed by atoms with E-state index in [4.69, 9.17) is 5.10 Å². The molecule has 0 unspecified atom stereocenters. The molecule has 1 N–H and O–H groups in total. The highest BCUT2D eigenvalue weighted by atomic mass is 16.3. The summed E-state index contributed by atoms with van der Waals surface area (Å²) in [6.45, 7) is 5.91. The van der Waals surface area contributed by atoms with Crippen molar-refractivity contribution in [2.24, 2.45) is 0 Å². The Labute approximate surface area is 141 Å². The van der Waals surface area contributed by atoms with Crippen LogP contribution in [0, 0.1) is 13.8 Å². The molecule has 1 aliphatic heterocycles. The van der Waals surface area contributed by atoms with Crippen molar-refractivity contribution < 1.29 is 5.11 Å². The second-order valence-electron chi connectivity index (χ2n) is 6.63. The van der Waals surface area contributed by atoms with Crippen molar-refractivity contribution in [1.82, 2.24) is 14.6 Å². The lowest BCUT2D eigenvalue weighted by molar-refractivity contribution is 0.145. The lowest BCUT2D eigenvalue weighted by Gasteiger charge is -2.30. The molecule has 24 heavy (non-hydrogen) atoms. The van der Waals surface area contributed by atoms with Gasteiger partial charge in [0.2, 0.25) is 0 Å². The lowest BCUT2D eigenvalue weighted by atomic mass is 10.0. The zero-order chi connectivity index (χ0) is 16.7. The summed E-state index contributed by atoms with van der Waals surface area (Å²) in [5.74, 6) is 0.951. The Morgan fingerprint density at radius 3 is 2.62 bits per heavy atom. The average molecular weight is 322 g/mol. The highest BCUT2D eigenvalue weighted by Crippen LogP contribution is 2.27. The monoisotopic (exact) mass is 322 g/mol. The Morgan fingerprint density at radius 2 is 1.88 bits per heavy atom. The van der Waals surface area contributed by atoms with Gasteiger partial charge in [-0.05, 0) is 49.9 Å². The molecular formula is C19H22N4O. The minimum Gasteiger partial charge on any atom is -0.393 e. The SMILES string of the molecule is Cc1ccc(-c2cc3c(N4CCC(O)CC4)nccn3n2)cc1C. The first-order chi connectivity index (χ1) is 11.6. The number of hydrogen-bond acceptors (Lipinski definition) is 4. The number of aliphatic hydroxyl groups excluding tert-OH is 1. The zero-order valence-corrected chi connectivity index (χ0v) is 14.1. The molecule has 0 atom stereocenters. The maximum atomic E-state index is 9.72. The number of anilines is 1. The largest absolute Gasteiger partial charge is 0.393 e. The van der Waals surface area contributed by atoms with Crippen LogP contribution in [0.25, 0.3) is 16.8 Å². The predicted molar refractivity (Wildman–Crippen MR) is 95.4 cm³/mol. The fourth-order valence-electron chi connectivity index (χ4n) is 3.27. The van der Waals surface area contributed by atoms with E-state index in [0.29, 0.717) is 0 Å². The van der Waals surface area contributed by atoms with Crippen molar-refractivity contribution >= 4 is 11.3 Å². The Kier molecular flexibility index (Phi) is 3.73. The highest BCUT2D eigenvalue weighted by molar-refractivity contribution is 5.75. The molecule has 0 saturated carbocycles. The molecular weight excluding hydrogens is 300 g/mol. The Balaban J connectivity index is 1.75. The van der Waals surface area contributed by atoms with Crippen molar-refractivity contribution in [2.45, 2.75) is 32.8 Å². The molecule has 1 saturated heterocycles. The standard InChI is InChI=1S/C19H22N4O/c1-13-3-4-15(11-14(13)2)17-12-18-19(20-7-10-23(18)21-17)22-8-5-16(24)6-9-22/h3-4,7,10-12,16,24H,5-6,8-9H2,1-2H3. The lowest BCUT2D eigenvalue weighted by Crippen LogP contribution is -2.36. The molecule has 124 valence electrons. The van der Waals surface area contributed by atoms with Gasteiger partial charge >= 0.3 is 0 Å². The van der Waals surface area contributed by atoms with E-state index >= 15 is 0 Å². The van der Waals surface area contributed by atoms with Crippen molar-refractivity contribution in [3.05, 3.63) is 47.8 Å². The molecule has 0 aliphatic carbocycles. The van der Waals surface area contributed by atoms with E-state index in [9.17, 15) is 5.11 Å². The van der Waals surface area contributed by atoms with E-state index in [1.165, 1.54) is 11.1 Å². The number of nitrogens with zero attached hydrogens (tertiary/aromatic N) is 4. The van der Waals surface area contributed by atoms with Crippen LogP contribution < -0.4 is 4.90 Å². The molecule has 3 heterocycles. The number of aromatic nitrogens is 3. The van der Waals surface area contributed by atoms with Gasteiger partial charge in [-0.2, -0.15) is 5.10 Å². The van der Waals surface area contributed by atoms with Gasteiger partial charge in [0, 0.05) is 31.0 Å². The van der Waals surface area contributed by atoms with Crippen LogP contribution in [0.2, 0.25) is 0 Å². The van der Waals surface area contributed by atoms with Crippen LogP contribution in [-0.4, -0.2) is 38.9 Å². The van der Waals surface area contributed by atoms with Crippen molar-refractivity contribution in [2.75, 3.05) is 18.0 Å². The van der Waals surface area contributed by atoms with Gasteiger partial charge in [0.25, 0.3) is 0 Å². The molecule has 3 aromatic rings. The number of fused-ring (bicyclic) bond motifs is 1. The molecule has 1 aromatic carbocycles. The van der Waals surface area contributed by atoms with Gasteiger partial charge in [-0.3, -0.25) is 0 Å². The van der Waals surface area contributed by atoms with Crippen LogP contribution in [0.5, 0.6) is 0 Å². The summed E-state index contributed by atoms with van der Waals surface area (Å²) in [4.78, 5) is 6.82. The number of hydrogen-bond donors (Lipinski definition) is 1. The van der Waals surface area contributed by atoms with E-state index in [0.717, 1.165) is 48.5 Å². The minimum atomic E-state index is -0.183. The quantitative estimate of drug-likeness (QED) is 0.788. The fraction of sp³-hybridized carbons (Fsp3) is 0.368. The van der Waals surface area contributed by atoms with Gasteiger partial charge in [-0.1, -0.05) is 12.1 Å². The van der Waals surface area contributed by atoms with Crippen LogP contribution in [0.3, 0.4) is 0 Å². The van der Waals surface area contributed by atoms with Crippen LogP contribution in [0.1, 0.15) is 24.0 Å². The third kappa shape index (κ3) is 2.65. The van der Waals surface area contributed by atoms with E-state index in [2.05, 4.69) is 48.0 Å². The van der Waals surface area contributed by atoms with Gasteiger partial charge in [0.1, 0.15) is 5.52 Å². The summed E-state index contributed by atoms with van der Waals surface area (Å²) in [6.07, 6.45) is 5.09. The number of aryl methyl sites for hydroxylation is 2. The van der Waals surface area contributed by atoms with Gasteiger partial charge in [-0.15, -0.1) is 0 Å². The topological polar surface area (TPSA) is 53.7 Å². The van der Waals surface area contributed by atoms with E-state index in [1.807, 2.05) is 10.7 Å². The first-order valence-corrected chi connectivity index (χ1v) is 8.47. The van der Waals surface area contributed by atoms with Gasteiger partial charge in [-0.25, -0.2) is 9.50 Å². The number of benzene rings is 1. The van der Waals surface area contributed by atoms with Gasteiger partial charge in [0.05, 0.1) is 11.8 Å². The zero-order valence-electron chi connectivity index (χ0n) is 14.1. The number of piperidine rings is 1. The normalized spacial score (nSPS) is 16.0. The van der Waals surface area contributed by atoms with Crippen LogP contribution in [0.4, 0.5) is 5.82 Å². The fourth-order valence-corrected chi connectivity index (χ4v) is 3.27. The van der Waals surface area contributed by atoms with Crippen molar-refractivity contribution in [3.8, 4) is 11.3 Å². The molecule has 1 fully saturated rings. The Bertz CT molecular complexity index is 878. The van der Waals surface area contributed by atoms with Crippen molar-refractivity contribution in [1.29, 1.82) is 0 Å².